The van der Waals surface area contributed by atoms with Gasteiger partial charge in [-0.2, -0.15) is 0 Å². The zero-order chi connectivity index (χ0) is 27.9. The summed E-state index contributed by atoms with van der Waals surface area (Å²) in [5, 5.41) is 11.9. The molecule has 2 aliphatic rings. The first-order chi connectivity index (χ1) is 18.7. The molecule has 9 heteroatoms. The number of fused-ring (bicyclic) bond motifs is 1. The summed E-state index contributed by atoms with van der Waals surface area (Å²) in [6.45, 7) is 4.95. The van der Waals surface area contributed by atoms with E-state index in [1.165, 1.54) is 18.9 Å². The molecule has 2 amide bonds. The first kappa shape index (κ1) is 28.4. The van der Waals surface area contributed by atoms with Crippen molar-refractivity contribution < 1.29 is 24.2 Å². The monoisotopic (exact) mass is 536 g/mol. The molecular weight excluding hydrogens is 496 g/mol. The summed E-state index contributed by atoms with van der Waals surface area (Å²) in [5.74, 6) is 0.263. The highest BCUT2D eigenvalue weighted by atomic mass is 16.5. The zero-order valence-corrected chi connectivity index (χ0v) is 23.2. The van der Waals surface area contributed by atoms with Gasteiger partial charge < -0.3 is 14.7 Å². The summed E-state index contributed by atoms with van der Waals surface area (Å²) in [6, 6.07) is 12.6. The number of hydrogen-bond acceptors (Lipinski definition) is 7. The van der Waals surface area contributed by atoms with Crippen molar-refractivity contribution in [1.29, 1.82) is 0 Å². The van der Waals surface area contributed by atoms with Crippen molar-refractivity contribution >= 4 is 23.3 Å². The van der Waals surface area contributed by atoms with E-state index in [9.17, 15) is 19.5 Å². The molecule has 2 aromatic rings. The molecule has 1 aliphatic heterocycles. The first-order valence-corrected chi connectivity index (χ1v) is 13.9. The van der Waals surface area contributed by atoms with Gasteiger partial charge in [-0.1, -0.05) is 38.8 Å². The molecular formula is C30H40N4O5. The fourth-order valence-corrected chi connectivity index (χ4v) is 5.15. The van der Waals surface area contributed by atoms with Gasteiger partial charge in [0.2, 0.25) is 11.8 Å². The van der Waals surface area contributed by atoms with Crippen molar-refractivity contribution in [2.24, 2.45) is 5.92 Å². The number of nitrogens with one attached hydrogen (secondary N) is 1. The number of rotatable bonds is 11. The molecule has 1 saturated carbocycles. The molecule has 0 unspecified atom stereocenters. The Balaban J connectivity index is 1.40. The number of ether oxygens (including phenoxy) is 1. The highest BCUT2D eigenvalue weighted by molar-refractivity contribution is 6.00. The van der Waals surface area contributed by atoms with Crippen LogP contribution >= 0.6 is 0 Å². The van der Waals surface area contributed by atoms with E-state index < -0.39 is 0 Å². The number of aromatic hydroxyl groups is 1. The zero-order valence-electron chi connectivity index (χ0n) is 23.2. The van der Waals surface area contributed by atoms with E-state index in [0.29, 0.717) is 44.5 Å². The number of phenolic OH excluding ortho intramolecular Hbond substituents is 1. The van der Waals surface area contributed by atoms with Gasteiger partial charge in [0.15, 0.2) is 5.78 Å². The predicted octanol–water partition coefficient (Wildman–Crippen LogP) is 4.10. The lowest BCUT2D eigenvalue weighted by Gasteiger charge is -2.38. The van der Waals surface area contributed by atoms with Crippen LogP contribution in [-0.4, -0.2) is 65.4 Å². The van der Waals surface area contributed by atoms with Crippen molar-refractivity contribution in [2.75, 3.05) is 31.9 Å². The Kier molecular flexibility index (Phi) is 9.45. The third-order valence-corrected chi connectivity index (χ3v) is 7.49. The van der Waals surface area contributed by atoms with Gasteiger partial charge in [0.25, 0.3) is 0 Å². The fourth-order valence-electron chi connectivity index (χ4n) is 5.15. The Hall–Kier alpha value is -3.59. The van der Waals surface area contributed by atoms with Crippen LogP contribution in [0.25, 0.3) is 0 Å². The topological polar surface area (TPSA) is 102 Å². The number of carbonyl (C=O) groups excluding carboxylic acids is 3. The Morgan fingerprint density at radius 2 is 1.87 bits per heavy atom. The molecule has 1 fully saturated rings. The number of phenols is 1. The number of hydrazine groups is 1. The van der Waals surface area contributed by atoms with E-state index in [4.69, 9.17) is 4.74 Å². The van der Waals surface area contributed by atoms with Gasteiger partial charge in [-0.05, 0) is 55.2 Å². The number of anilines is 1. The molecule has 1 heterocycles. The fraction of sp³-hybridized carbons (Fsp3) is 0.500. The molecule has 9 nitrogen and oxygen atoms in total. The summed E-state index contributed by atoms with van der Waals surface area (Å²) in [7, 11) is 1.90. The van der Waals surface area contributed by atoms with Crippen LogP contribution < -0.4 is 15.2 Å². The third kappa shape index (κ3) is 7.29. The maximum absolute atomic E-state index is 12.9. The number of hydrogen-bond donors (Lipinski definition) is 2. The average Bonchev–Trinajstić information content (AvgIpc) is 3.45. The molecule has 0 saturated heterocycles. The van der Waals surface area contributed by atoms with Crippen LogP contribution in [-0.2, 0) is 16.1 Å². The van der Waals surface area contributed by atoms with Gasteiger partial charge in [-0.15, -0.1) is 0 Å². The van der Waals surface area contributed by atoms with Crippen molar-refractivity contribution in [3.63, 3.8) is 0 Å². The molecule has 0 spiro atoms. The maximum Gasteiger partial charge on any atom is 0.241 e. The second-order valence-corrected chi connectivity index (χ2v) is 10.8. The Morgan fingerprint density at radius 1 is 1.13 bits per heavy atom. The number of para-hydroxylation sites is 1. The first-order valence-electron chi connectivity index (χ1n) is 13.9. The summed E-state index contributed by atoms with van der Waals surface area (Å²) in [4.78, 5) is 41.8. The Morgan fingerprint density at radius 3 is 2.59 bits per heavy atom. The van der Waals surface area contributed by atoms with Crippen LogP contribution in [0.4, 0.5) is 5.69 Å². The van der Waals surface area contributed by atoms with Gasteiger partial charge in [0.05, 0.1) is 31.1 Å². The lowest BCUT2D eigenvalue weighted by Crippen LogP contribution is -2.53. The molecule has 39 heavy (non-hydrogen) atoms. The minimum absolute atomic E-state index is 0.0477. The minimum atomic E-state index is -0.204. The highest BCUT2D eigenvalue weighted by Gasteiger charge is 2.27. The quantitative estimate of drug-likeness (QED) is 0.329. The molecule has 2 N–H and O–H groups in total. The number of Topliss-reactive ketones (excluding diaryl/α,β-unsaturated/α-hetero) is 1. The van der Waals surface area contributed by atoms with Gasteiger partial charge in [0.1, 0.15) is 11.5 Å². The number of carbonyl (C=O) groups is 3. The van der Waals surface area contributed by atoms with Crippen molar-refractivity contribution in [1.82, 2.24) is 15.2 Å². The summed E-state index contributed by atoms with van der Waals surface area (Å²) in [5.41, 5.74) is 4.98. The highest BCUT2D eigenvalue weighted by Crippen LogP contribution is 2.31. The predicted molar refractivity (Wildman–Crippen MR) is 149 cm³/mol. The van der Waals surface area contributed by atoms with Crippen LogP contribution in [0.1, 0.15) is 68.3 Å². The summed E-state index contributed by atoms with van der Waals surface area (Å²) >= 11 is 0. The smallest absolute Gasteiger partial charge is 0.241 e. The average molecular weight is 537 g/mol. The van der Waals surface area contributed by atoms with E-state index >= 15 is 0 Å². The lowest BCUT2D eigenvalue weighted by atomic mass is 10.1. The number of amides is 2. The number of ketones is 1. The lowest BCUT2D eigenvalue weighted by molar-refractivity contribution is -0.132. The van der Waals surface area contributed by atoms with Crippen LogP contribution in [0.2, 0.25) is 0 Å². The summed E-state index contributed by atoms with van der Waals surface area (Å²) in [6.07, 6.45) is 5.67. The normalized spacial score (nSPS) is 15.7. The van der Waals surface area contributed by atoms with Crippen LogP contribution in [0.3, 0.4) is 0 Å². The Bertz CT molecular complexity index is 1180. The molecule has 1 aliphatic carbocycles. The van der Waals surface area contributed by atoms with E-state index in [1.807, 2.05) is 48.9 Å². The van der Waals surface area contributed by atoms with Gasteiger partial charge in [0, 0.05) is 32.0 Å². The molecule has 0 atom stereocenters. The number of nitrogens with zero attached hydrogens (tertiary/aromatic N) is 3. The van der Waals surface area contributed by atoms with Crippen molar-refractivity contribution in [3.8, 4) is 11.5 Å². The van der Waals surface area contributed by atoms with Crippen LogP contribution in [0.15, 0.2) is 42.5 Å². The van der Waals surface area contributed by atoms with Crippen molar-refractivity contribution in [2.45, 2.75) is 65.0 Å². The van der Waals surface area contributed by atoms with E-state index in [0.717, 1.165) is 24.1 Å². The van der Waals surface area contributed by atoms with Gasteiger partial charge in [-0.25, -0.2) is 0 Å². The largest absolute Gasteiger partial charge is 0.507 e. The molecule has 0 bridgehead atoms. The second-order valence-electron chi connectivity index (χ2n) is 10.8. The standard InChI is InChI=1S/C30H40N4O5/c1-21(2)30(38)31-34-20-33(19-28(36)25-11-6-7-12-27(25)35)18-22-17-24(14-15-26(22)34)39-16-8-13-29(37)32(3)23-9-4-5-10-23/h6-7,11-12,14-15,17,21,23,35H,4-5,8-10,13,16,18-20H2,1-3H3,(H,31,38). The van der Waals surface area contributed by atoms with Crippen LogP contribution in [0, 0.1) is 5.92 Å². The SMILES string of the molecule is CC(C)C(=O)NN1CN(CC(=O)c2ccccc2O)Cc2cc(OCCCC(=O)N(C)C3CCCC3)ccc21. The molecule has 2 aromatic carbocycles. The molecule has 4 rings (SSSR count). The third-order valence-electron chi connectivity index (χ3n) is 7.49. The second kappa shape index (κ2) is 13.0. The van der Waals surface area contributed by atoms with Crippen molar-refractivity contribution in [3.05, 3.63) is 53.6 Å². The minimum Gasteiger partial charge on any atom is -0.507 e. The number of benzene rings is 2. The molecule has 0 aromatic heterocycles. The van der Waals surface area contributed by atoms with Crippen LogP contribution in [0.5, 0.6) is 11.5 Å². The maximum atomic E-state index is 12.9. The van der Waals surface area contributed by atoms with E-state index in [-0.39, 0.29) is 41.4 Å². The van der Waals surface area contributed by atoms with E-state index in [1.54, 1.807) is 23.2 Å². The van der Waals surface area contributed by atoms with Gasteiger partial charge >= 0.3 is 0 Å². The molecule has 0 radical (unpaired) electrons. The Labute approximate surface area is 230 Å². The summed E-state index contributed by atoms with van der Waals surface area (Å²) < 4.78 is 5.99. The molecule has 210 valence electrons. The van der Waals surface area contributed by atoms with Gasteiger partial charge in [-0.3, -0.25) is 29.7 Å². The van der Waals surface area contributed by atoms with E-state index in [2.05, 4.69) is 5.43 Å².